The number of amides is 2. The first kappa shape index (κ1) is 21.6. The van der Waals surface area contributed by atoms with Crippen LogP contribution in [0.1, 0.15) is 29.4 Å². The fourth-order valence-corrected chi connectivity index (χ4v) is 3.62. The van der Waals surface area contributed by atoms with Gasteiger partial charge in [-0.15, -0.1) is 11.3 Å². The minimum Gasteiger partial charge on any atom is -0.497 e. The van der Waals surface area contributed by atoms with E-state index in [0.717, 1.165) is 12.1 Å². The molecule has 8 nitrogen and oxygen atoms in total. The maximum absolute atomic E-state index is 12.8. The molecule has 0 bridgehead atoms. The first-order valence-corrected chi connectivity index (χ1v) is 9.81. The SMILES string of the molecule is COc1ccc(C(=O)N=c2scc(CCN)n2CCCNC(C)=O)c(OC)c1. The van der Waals surface area contributed by atoms with Crippen molar-refractivity contribution in [1.29, 1.82) is 0 Å². The lowest BCUT2D eigenvalue weighted by atomic mass is 10.2. The Morgan fingerprint density at radius 3 is 2.71 bits per heavy atom. The van der Waals surface area contributed by atoms with Gasteiger partial charge in [-0.3, -0.25) is 9.59 Å². The second kappa shape index (κ2) is 10.6. The van der Waals surface area contributed by atoms with Gasteiger partial charge in [-0.25, -0.2) is 0 Å². The van der Waals surface area contributed by atoms with Gasteiger partial charge in [0.25, 0.3) is 5.91 Å². The summed E-state index contributed by atoms with van der Waals surface area (Å²) in [6.45, 7) is 3.17. The Morgan fingerprint density at radius 1 is 1.29 bits per heavy atom. The van der Waals surface area contributed by atoms with Crippen LogP contribution in [0.3, 0.4) is 0 Å². The van der Waals surface area contributed by atoms with Crippen LogP contribution in [0.25, 0.3) is 0 Å². The Bertz CT molecular complexity index is 888. The summed E-state index contributed by atoms with van der Waals surface area (Å²) in [5.41, 5.74) is 7.08. The Kier molecular flexibility index (Phi) is 8.21. The zero-order valence-corrected chi connectivity index (χ0v) is 17.2. The van der Waals surface area contributed by atoms with Gasteiger partial charge in [0.2, 0.25) is 5.91 Å². The highest BCUT2D eigenvalue weighted by atomic mass is 32.1. The quantitative estimate of drug-likeness (QED) is 0.611. The lowest BCUT2D eigenvalue weighted by Crippen LogP contribution is -2.25. The van der Waals surface area contributed by atoms with E-state index in [2.05, 4.69) is 10.3 Å². The molecule has 0 spiro atoms. The Morgan fingerprint density at radius 2 is 2.07 bits per heavy atom. The number of carbonyl (C=O) groups is 2. The third kappa shape index (κ3) is 5.67. The van der Waals surface area contributed by atoms with E-state index in [-0.39, 0.29) is 5.91 Å². The Labute approximate surface area is 168 Å². The average molecular weight is 407 g/mol. The van der Waals surface area contributed by atoms with Gasteiger partial charge in [0, 0.05) is 43.6 Å². The van der Waals surface area contributed by atoms with Crippen LogP contribution in [0.5, 0.6) is 11.5 Å². The summed E-state index contributed by atoms with van der Waals surface area (Å²) in [6.07, 6.45) is 1.41. The number of nitrogens with one attached hydrogen (secondary N) is 1. The van der Waals surface area contributed by atoms with Crippen molar-refractivity contribution >= 4 is 23.2 Å². The molecule has 1 aromatic heterocycles. The van der Waals surface area contributed by atoms with Crippen LogP contribution in [0.4, 0.5) is 0 Å². The molecule has 0 saturated carbocycles. The zero-order valence-electron chi connectivity index (χ0n) is 16.4. The molecule has 0 unspecified atom stereocenters. The predicted octanol–water partition coefficient (Wildman–Crippen LogP) is 1.34. The van der Waals surface area contributed by atoms with E-state index in [9.17, 15) is 9.59 Å². The van der Waals surface area contributed by atoms with Crippen LogP contribution in [0.2, 0.25) is 0 Å². The number of methoxy groups -OCH3 is 2. The van der Waals surface area contributed by atoms with Crippen LogP contribution in [0, 0.1) is 0 Å². The molecule has 0 radical (unpaired) electrons. The highest BCUT2D eigenvalue weighted by molar-refractivity contribution is 7.07. The summed E-state index contributed by atoms with van der Waals surface area (Å²) in [6, 6.07) is 4.98. The van der Waals surface area contributed by atoms with Crippen LogP contribution in [-0.4, -0.2) is 43.7 Å². The van der Waals surface area contributed by atoms with Crippen molar-refractivity contribution in [3.05, 3.63) is 39.6 Å². The van der Waals surface area contributed by atoms with Crippen LogP contribution in [0.15, 0.2) is 28.6 Å². The summed E-state index contributed by atoms with van der Waals surface area (Å²) in [4.78, 5) is 28.7. The molecule has 0 saturated heterocycles. The van der Waals surface area contributed by atoms with Gasteiger partial charge in [-0.05, 0) is 25.1 Å². The maximum atomic E-state index is 12.8. The smallest absolute Gasteiger partial charge is 0.283 e. The molecule has 2 rings (SSSR count). The van der Waals surface area contributed by atoms with Crippen molar-refractivity contribution in [2.75, 3.05) is 27.3 Å². The highest BCUT2D eigenvalue weighted by Crippen LogP contribution is 2.25. The molecular weight excluding hydrogens is 380 g/mol. The first-order valence-electron chi connectivity index (χ1n) is 8.93. The zero-order chi connectivity index (χ0) is 20.5. The highest BCUT2D eigenvalue weighted by Gasteiger charge is 2.14. The average Bonchev–Trinajstić information content (AvgIpc) is 3.06. The number of nitrogens with two attached hydrogens (primary N) is 1. The van der Waals surface area contributed by atoms with Crippen LogP contribution < -0.4 is 25.3 Å². The topological polar surface area (TPSA) is 108 Å². The van der Waals surface area contributed by atoms with Crippen molar-refractivity contribution in [2.45, 2.75) is 26.3 Å². The van der Waals surface area contributed by atoms with Gasteiger partial charge in [0.15, 0.2) is 4.80 Å². The molecule has 0 aliphatic carbocycles. The monoisotopic (exact) mass is 406 g/mol. The second-order valence-electron chi connectivity index (χ2n) is 6.02. The molecule has 1 aromatic carbocycles. The number of thiazole rings is 1. The van der Waals surface area contributed by atoms with Gasteiger partial charge in [-0.1, -0.05) is 0 Å². The molecule has 9 heteroatoms. The van der Waals surface area contributed by atoms with Gasteiger partial charge < -0.3 is 25.1 Å². The van der Waals surface area contributed by atoms with Gasteiger partial charge in [0.1, 0.15) is 11.5 Å². The predicted molar refractivity (Wildman–Crippen MR) is 108 cm³/mol. The normalized spacial score (nSPS) is 11.4. The number of benzene rings is 1. The number of hydrogen-bond donors (Lipinski definition) is 2. The van der Waals surface area contributed by atoms with Crippen molar-refractivity contribution in [3.63, 3.8) is 0 Å². The molecule has 2 amide bonds. The summed E-state index contributed by atoms with van der Waals surface area (Å²) in [5, 5.41) is 4.73. The molecule has 0 fully saturated rings. The molecule has 28 heavy (non-hydrogen) atoms. The van der Waals surface area contributed by atoms with E-state index in [1.54, 1.807) is 25.3 Å². The number of aromatic nitrogens is 1. The molecular formula is C19H26N4O4S. The van der Waals surface area contributed by atoms with E-state index in [1.807, 2.05) is 9.95 Å². The Balaban J connectivity index is 2.31. The number of ether oxygens (including phenoxy) is 2. The lowest BCUT2D eigenvalue weighted by Gasteiger charge is -2.09. The van der Waals surface area contributed by atoms with E-state index < -0.39 is 5.91 Å². The standard InChI is InChI=1S/C19H26N4O4S/c1-13(24)21-9-4-10-23-14(7-8-20)12-28-19(23)22-18(25)16-6-5-15(26-2)11-17(16)27-3/h5-6,11-12H,4,7-10,20H2,1-3H3,(H,21,24). The Hall–Kier alpha value is -2.65. The van der Waals surface area contributed by atoms with E-state index in [4.69, 9.17) is 15.2 Å². The molecule has 0 atom stereocenters. The number of carbonyl (C=O) groups excluding carboxylic acids is 2. The first-order chi connectivity index (χ1) is 13.5. The minimum atomic E-state index is -0.392. The fourth-order valence-electron chi connectivity index (χ4n) is 2.66. The van der Waals surface area contributed by atoms with E-state index >= 15 is 0 Å². The van der Waals surface area contributed by atoms with Gasteiger partial charge in [-0.2, -0.15) is 4.99 Å². The molecule has 1 heterocycles. The third-order valence-corrected chi connectivity index (χ3v) is 4.96. The van der Waals surface area contributed by atoms with E-state index in [1.165, 1.54) is 25.4 Å². The summed E-state index contributed by atoms with van der Waals surface area (Å²) in [5.74, 6) is 0.548. The van der Waals surface area contributed by atoms with E-state index in [0.29, 0.717) is 47.9 Å². The lowest BCUT2D eigenvalue weighted by molar-refractivity contribution is -0.118. The summed E-state index contributed by atoms with van der Waals surface area (Å²) < 4.78 is 12.4. The fraction of sp³-hybridized carbons (Fsp3) is 0.421. The van der Waals surface area contributed by atoms with Crippen LogP contribution >= 0.6 is 11.3 Å². The van der Waals surface area contributed by atoms with Gasteiger partial charge >= 0.3 is 0 Å². The largest absolute Gasteiger partial charge is 0.497 e. The van der Waals surface area contributed by atoms with Crippen molar-refractivity contribution in [1.82, 2.24) is 9.88 Å². The molecule has 3 N–H and O–H groups in total. The summed E-state index contributed by atoms with van der Waals surface area (Å²) >= 11 is 1.39. The number of hydrogen-bond acceptors (Lipinski definition) is 6. The van der Waals surface area contributed by atoms with Crippen LogP contribution in [-0.2, 0) is 17.8 Å². The second-order valence-corrected chi connectivity index (χ2v) is 6.86. The molecule has 152 valence electrons. The third-order valence-electron chi connectivity index (χ3n) is 4.05. The van der Waals surface area contributed by atoms with Crippen molar-refractivity contribution in [3.8, 4) is 11.5 Å². The molecule has 0 aliphatic heterocycles. The van der Waals surface area contributed by atoms with Crippen molar-refractivity contribution in [2.24, 2.45) is 10.7 Å². The number of nitrogens with zero attached hydrogens (tertiary/aromatic N) is 2. The summed E-state index contributed by atoms with van der Waals surface area (Å²) in [7, 11) is 3.05. The molecule has 2 aromatic rings. The van der Waals surface area contributed by atoms with Crippen molar-refractivity contribution < 1.29 is 19.1 Å². The molecule has 0 aliphatic rings. The number of rotatable bonds is 9. The maximum Gasteiger partial charge on any atom is 0.283 e. The minimum absolute atomic E-state index is 0.0656. The van der Waals surface area contributed by atoms with Gasteiger partial charge in [0.05, 0.1) is 19.8 Å².